The van der Waals surface area contributed by atoms with E-state index < -0.39 is 0 Å². The Hall–Kier alpha value is -4.34. The molecule has 54 heavy (non-hydrogen) atoms. The molecule has 7 aliphatic carbocycles. The third kappa shape index (κ3) is 3.69. The van der Waals surface area contributed by atoms with Crippen molar-refractivity contribution in [3.8, 4) is 23.3 Å². The number of fused-ring (bicyclic) bond motifs is 14. The molecule has 1 spiro atoms. The van der Waals surface area contributed by atoms with Crippen LogP contribution in [0.3, 0.4) is 0 Å². The number of hydrogen-bond acceptors (Lipinski definition) is 2. The molecular weight excluding hydrogens is 655 g/mol. The number of rotatable bonds is 4. The summed E-state index contributed by atoms with van der Waals surface area (Å²) in [6.07, 6.45) is 11.4. The Labute approximate surface area is 319 Å². The van der Waals surface area contributed by atoms with Gasteiger partial charge in [0.2, 0.25) is 0 Å². The Balaban J connectivity index is 1.29. The number of hydrogen-bond donors (Lipinski definition) is 0. The zero-order chi connectivity index (χ0) is 36.7. The standard InChI is InChI=1S/C51H51N3/c1-24(2)29-13-37(25(3)4)45(38(14-29)26(5)6)30-15-39-48-41(17-33(22-52)43-27-7-9-28(10-8-27)46(43)48)54-42-18-34(23-53)44-31-11-35-19-36-12-32(21-51(35,36)20-31)47(44)49(42)40(16-30)50(39)54/h13-18,24-28,31-32,35-36H,7-12,19-21H2,1-6H3. The molecule has 3 heteroatoms. The molecule has 0 saturated heterocycles. The Kier molecular flexibility index (Phi) is 6.21. The summed E-state index contributed by atoms with van der Waals surface area (Å²) >= 11 is 0. The summed E-state index contributed by atoms with van der Waals surface area (Å²) in [7, 11) is 0. The summed E-state index contributed by atoms with van der Waals surface area (Å²) in [5, 5.41) is 27.3. The monoisotopic (exact) mass is 705 g/mol. The van der Waals surface area contributed by atoms with Gasteiger partial charge in [0.05, 0.1) is 39.8 Å². The van der Waals surface area contributed by atoms with Crippen molar-refractivity contribution < 1.29 is 0 Å². The zero-order valence-corrected chi connectivity index (χ0v) is 32.9. The molecule has 5 atom stereocenters. The summed E-state index contributed by atoms with van der Waals surface area (Å²) in [6.45, 7) is 14.2. The molecule has 13 rings (SSSR count). The summed E-state index contributed by atoms with van der Waals surface area (Å²) in [6, 6.07) is 20.3. The molecule has 2 aromatic heterocycles. The second-order valence-electron chi connectivity index (χ2n) is 20.0. The van der Waals surface area contributed by atoms with Gasteiger partial charge in [-0.2, -0.15) is 10.5 Å². The van der Waals surface area contributed by atoms with Crippen LogP contribution in [0.2, 0.25) is 0 Å². The molecule has 0 N–H and O–H groups in total. The predicted octanol–water partition coefficient (Wildman–Crippen LogP) is 13.8. The van der Waals surface area contributed by atoms with Crippen LogP contribution in [0.1, 0.15) is 191 Å². The van der Waals surface area contributed by atoms with Crippen LogP contribution in [0.5, 0.6) is 0 Å². The number of nitriles is 2. The largest absolute Gasteiger partial charge is 0.308 e. The minimum atomic E-state index is 0.391. The topological polar surface area (TPSA) is 52.0 Å². The summed E-state index contributed by atoms with van der Waals surface area (Å²) in [5.74, 6) is 5.00. The van der Waals surface area contributed by atoms with E-state index in [2.05, 4.69) is 94.5 Å². The maximum atomic E-state index is 11.0. The fraction of sp³-hybridized carbons (Fsp3) is 0.490. The van der Waals surface area contributed by atoms with Crippen molar-refractivity contribution in [3.63, 3.8) is 0 Å². The average molecular weight is 706 g/mol. The van der Waals surface area contributed by atoms with E-state index >= 15 is 0 Å². The summed E-state index contributed by atoms with van der Waals surface area (Å²) in [4.78, 5) is 0. The van der Waals surface area contributed by atoms with Crippen LogP contribution < -0.4 is 0 Å². The van der Waals surface area contributed by atoms with Gasteiger partial charge in [0, 0.05) is 21.5 Å². The van der Waals surface area contributed by atoms with E-state index in [1.807, 2.05) is 0 Å². The van der Waals surface area contributed by atoms with Gasteiger partial charge in [-0.1, -0.05) is 53.7 Å². The van der Waals surface area contributed by atoms with Crippen molar-refractivity contribution in [2.24, 2.45) is 17.3 Å². The lowest BCUT2D eigenvalue weighted by molar-refractivity contribution is 0.00322. The number of benzene rings is 4. The second kappa shape index (κ2) is 10.5. The molecule has 5 bridgehead atoms. The minimum Gasteiger partial charge on any atom is -0.308 e. The van der Waals surface area contributed by atoms with Gasteiger partial charge in [-0.25, -0.2) is 0 Å². The predicted molar refractivity (Wildman–Crippen MR) is 220 cm³/mol. The SMILES string of the molecule is CC(C)c1cc(C(C)C)c(-c2cc3c4c5c(c(C#N)cc4n4c6cc(C#N)c7c(c6c(c2)c34)C2CC3CC4CC7CC43C2)C2CCC5CC2)c(C(C)C)c1. The highest BCUT2D eigenvalue weighted by Gasteiger charge is 2.66. The van der Waals surface area contributed by atoms with Crippen molar-refractivity contribution in [2.75, 3.05) is 0 Å². The molecule has 5 unspecified atom stereocenters. The molecule has 7 aliphatic rings. The Morgan fingerprint density at radius 3 is 1.57 bits per heavy atom. The van der Waals surface area contributed by atoms with Gasteiger partial charge in [0.25, 0.3) is 0 Å². The van der Waals surface area contributed by atoms with Gasteiger partial charge in [-0.05, 0) is 191 Å². The first-order chi connectivity index (χ1) is 26.1. The van der Waals surface area contributed by atoms with E-state index in [4.69, 9.17) is 0 Å². The smallest absolute Gasteiger partial charge is 0.0995 e. The van der Waals surface area contributed by atoms with Crippen molar-refractivity contribution in [3.05, 3.63) is 86.5 Å². The second-order valence-corrected chi connectivity index (χ2v) is 20.0. The molecule has 6 aromatic rings. The van der Waals surface area contributed by atoms with E-state index in [9.17, 15) is 10.5 Å². The van der Waals surface area contributed by atoms with Crippen LogP contribution in [0.4, 0.5) is 0 Å². The molecule has 270 valence electrons. The first-order valence-corrected chi connectivity index (χ1v) is 21.5. The third-order valence-corrected chi connectivity index (χ3v) is 16.7. The molecule has 4 fully saturated rings. The molecule has 4 aromatic carbocycles. The fourth-order valence-corrected chi connectivity index (χ4v) is 14.6. The Morgan fingerprint density at radius 1 is 0.593 bits per heavy atom. The number of nitrogens with zero attached hydrogens (tertiary/aromatic N) is 3. The molecule has 0 radical (unpaired) electrons. The summed E-state index contributed by atoms with van der Waals surface area (Å²) < 4.78 is 2.55. The van der Waals surface area contributed by atoms with Crippen LogP contribution in [-0.2, 0) is 0 Å². The summed E-state index contributed by atoms with van der Waals surface area (Å²) in [5.41, 5.74) is 19.0. The van der Waals surface area contributed by atoms with E-state index in [-0.39, 0.29) is 0 Å². The molecule has 4 saturated carbocycles. The van der Waals surface area contributed by atoms with E-state index in [1.165, 1.54) is 146 Å². The van der Waals surface area contributed by atoms with Gasteiger partial charge in [-0.15, -0.1) is 0 Å². The molecule has 2 heterocycles. The fourth-order valence-electron chi connectivity index (χ4n) is 14.6. The van der Waals surface area contributed by atoms with Crippen LogP contribution in [0.25, 0.3) is 49.2 Å². The highest BCUT2D eigenvalue weighted by Crippen LogP contribution is 2.76. The van der Waals surface area contributed by atoms with Crippen LogP contribution >= 0.6 is 0 Å². The van der Waals surface area contributed by atoms with Gasteiger partial charge in [-0.3, -0.25) is 0 Å². The van der Waals surface area contributed by atoms with Crippen molar-refractivity contribution in [1.82, 2.24) is 4.40 Å². The molecule has 0 aliphatic heterocycles. The average Bonchev–Trinajstić information content (AvgIpc) is 3.85. The van der Waals surface area contributed by atoms with Crippen LogP contribution in [-0.4, -0.2) is 4.40 Å². The molecule has 3 nitrogen and oxygen atoms in total. The van der Waals surface area contributed by atoms with Crippen LogP contribution in [0.15, 0.2) is 36.4 Å². The van der Waals surface area contributed by atoms with E-state index in [0.717, 1.165) is 23.0 Å². The lowest BCUT2D eigenvalue weighted by Crippen LogP contribution is -2.41. The molecule has 0 amide bonds. The van der Waals surface area contributed by atoms with Gasteiger partial charge in [0.1, 0.15) is 0 Å². The van der Waals surface area contributed by atoms with E-state index in [1.54, 1.807) is 0 Å². The Bertz CT molecular complexity index is 2720. The maximum Gasteiger partial charge on any atom is 0.0995 e. The first-order valence-electron chi connectivity index (χ1n) is 21.5. The van der Waals surface area contributed by atoms with Crippen molar-refractivity contribution in [2.45, 2.75) is 141 Å². The minimum absolute atomic E-state index is 0.391. The highest BCUT2D eigenvalue weighted by atomic mass is 14.9. The number of aromatic nitrogens is 1. The van der Waals surface area contributed by atoms with Gasteiger partial charge < -0.3 is 4.40 Å². The van der Waals surface area contributed by atoms with Gasteiger partial charge >= 0.3 is 0 Å². The quantitative estimate of drug-likeness (QED) is 0.183. The van der Waals surface area contributed by atoms with Crippen molar-refractivity contribution in [1.29, 1.82) is 10.5 Å². The molecular formula is C51H51N3. The lowest BCUT2D eigenvalue weighted by atomic mass is 9.56. The third-order valence-electron chi connectivity index (χ3n) is 16.7. The Morgan fingerprint density at radius 2 is 1.07 bits per heavy atom. The maximum absolute atomic E-state index is 11.0. The first kappa shape index (κ1) is 32.0. The van der Waals surface area contributed by atoms with E-state index in [0.29, 0.717) is 46.8 Å². The lowest BCUT2D eigenvalue weighted by Gasteiger charge is -2.48. The van der Waals surface area contributed by atoms with Gasteiger partial charge in [0.15, 0.2) is 0 Å². The highest BCUT2D eigenvalue weighted by molar-refractivity contribution is 6.26. The van der Waals surface area contributed by atoms with Crippen LogP contribution in [0, 0.1) is 39.9 Å². The zero-order valence-electron chi connectivity index (χ0n) is 32.9. The normalized spacial score (nSPS) is 28.8. The van der Waals surface area contributed by atoms with Crippen molar-refractivity contribution >= 4 is 38.1 Å².